The summed E-state index contributed by atoms with van der Waals surface area (Å²) in [7, 11) is 1.90. The summed E-state index contributed by atoms with van der Waals surface area (Å²) in [6, 6.07) is 8.15. The first kappa shape index (κ1) is 19.5. The summed E-state index contributed by atoms with van der Waals surface area (Å²) in [4.78, 5) is 21.7. The molecule has 2 aliphatic rings. The smallest absolute Gasteiger partial charge is 0.274 e. The molecule has 6 heteroatoms. The van der Waals surface area contributed by atoms with Crippen molar-refractivity contribution in [2.45, 2.75) is 26.3 Å². The van der Waals surface area contributed by atoms with Crippen molar-refractivity contribution in [3.63, 3.8) is 0 Å². The third-order valence-electron chi connectivity index (χ3n) is 6.19. The Hall–Kier alpha value is -1.85. The van der Waals surface area contributed by atoms with E-state index in [1.54, 1.807) is 6.33 Å². The number of carbonyl (C=O) groups is 1. The van der Waals surface area contributed by atoms with E-state index in [1.165, 1.54) is 5.56 Å². The van der Waals surface area contributed by atoms with Gasteiger partial charge >= 0.3 is 0 Å². The molecule has 0 radical (unpaired) electrons. The Morgan fingerprint density at radius 2 is 1.96 bits per heavy atom. The Labute approximate surface area is 172 Å². The van der Waals surface area contributed by atoms with E-state index in [0.29, 0.717) is 11.6 Å². The fraction of sp³-hybridized carbons (Fsp3) is 0.545. The van der Waals surface area contributed by atoms with E-state index in [2.05, 4.69) is 28.9 Å². The quantitative estimate of drug-likeness (QED) is 0.678. The lowest BCUT2D eigenvalue weighted by atomic mass is 10.2. The molecule has 0 bridgehead atoms. The molecule has 1 aliphatic heterocycles. The first-order chi connectivity index (χ1) is 13.5. The van der Waals surface area contributed by atoms with Crippen molar-refractivity contribution in [3.05, 3.63) is 53.1 Å². The first-order valence-corrected chi connectivity index (χ1v) is 10.7. The van der Waals surface area contributed by atoms with E-state index < -0.39 is 0 Å². The number of piperidine rings is 1. The van der Waals surface area contributed by atoms with Gasteiger partial charge in [0.05, 0.1) is 6.33 Å². The van der Waals surface area contributed by atoms with E-state index in [-0.39, 0.29) is 5.91 Å². The van der Waals surface area contributed by atoms with E-state index in [4.69, 9.17) is 11.6 Å². The largest absolute Gasteiger partial charge is 0.340 e. The number of amides is 1. The molecule has 1 saturated carbocycles. The highest BCUT2D eigenvalue weighted by molar-refractivity contribution is 6.30. The molecule has 2 unspecified atom stereocenters. The third kappa shape index (κ3) is 4.26. The molecule has 2 heterocycles. The fourth-order valence-corrected chi connectivity index (χ4v) is 4.68. The predicted molar refractivity (Wildman–Crippen MR) is 111 cm³/mol. The molecule has 1 aliphatic carbocycles. The second kappa shape index (κ2) is 8.26. The maximum absolute atomic E-state index is 12.9. The van der Waals surface area contributed by atoms with Gasteiger partial charge in [-0.25, -0.2) is 4.98 Å². The van der Waals surface area contributed by atoms with Crippen LogP contribution >= 0.6 is 11.6 Å². The van der Waals surface area contributed by atoms with Crippen LogP contribution in [0.1, 0.15) is 35.8 Å². The summed E-state index contributed by atoms with van der Waals surface area (Å²) in [5.41, 5.74) is 1.88. The van der Waals surface area contributed by atoms with Gasteiger partial charge < -0.3 is 9.47 Å². The molecule has 28 heavy (non-hydrogen) atoms. The number of aromatic nitrogens is 2. The normalized spacial score (nSPS) is 23.6. The number of halogens is 1. The second-order valence-corrected chi connectivity index (χ2v) is 8.78. The molecule has 1 saturated heterocycles. The van der Waals surface area contributed by atoms with Crippen LogP contribution in [0.5, 0.6) is 0 Å². The van der Waals surface area contributed by atoms with E-state index in [1.807, 2.05) is 34.8 Å². The zero-order valence-electron chi connectivity index (χ0n) is 16.7. The Bertz CT molecular complexity index is 806. The van der Waals surface area contributed by atoms with Crippen molar-refractivity contribution in [3.8, 4) is 0 Å². The van der Waals surface area contributed by atoms with Crippen molar-refractivity contribution in [1.82, 2.24) is 19.4 Å². The van der Waals surface area contributed by atoms with Gasteiger partial charge in [-0.05, 0) is 41.9 Å². The average molecular weight is 401 g/mol. The highest BCUT2D eigenvalue weighted by Gasteiger charge is 2.55. The van der Waals surface area contributed by atoms with Gasteiger partial charge in [-0.3, -0.25) is 9.69 Å². The summed E-state index contributed by atoms with van der Waals surface area (Å²) in [6.07, 6.45) is 5.66. The molecule has 5 nitrogen and oxygen atoms in total. The topological polar surface area (TPSA) is 41.4 Å². The van der Waals surface area contributed by atoms with Crippen LogP contribution in [0.3, 0.4) is 0 Å². The Kier molecular flexibility index (Phi) is 5.74. The molecular formula is C22H29ClN4O. The van der Waals surface area contributed by atoms with E-state index in [0.717, 1.165) is 62.4 Å². The van der Waals surface area contributed by atoms with Crippen molar-refractivity contribution >= 4 is 17.5 Å². The Morgan fingerprint density at radius 3 is 2.57 bits per heavy atom. The van der Waals surface area contributed by atoms with Crippen molar-refractivity contribution < 1.29 is 4.79 Å². The summed E-state index contributed by atoms with van der Waals surface area (Å²) < 4.78 is 1.84. The van der Waals surface area contributed by atoms with Gasteiger partial charge in [-0.15, -0.1) is 0 Å². The van der Waals surface area contributed by atoms with Crippen LogP contribution in [0.15, 0.2) is 36.8 Å². The molecule has 150 valence electrons. The number of benzene rings is 1. The maximum atomic E-state index is 12.9. The van der Waals surface area contributed by atoms with Gasteiger partial charge in [0.1, 0.15) is 5.69 Å². The van der Waals surface area contributed by atoms with Gasteiger partial charge in [-0.2, -0.15) is 0 Å². The number of hydrogen-bond acceptors (Lipinski definition) is 3. The van der Waals surface area contributed by atoms with E-state index in [9.17, 15) is 4.79 Å². The third-order valence-corrected chi connectivity index (χ3v) is 6.44. The van der Waals surface area contributed by atoms with Crippen molar-refractivity contribution in [2.24, 2.45) is 24.8 Å². The van der Waals surface area contributed by atoms with Crippen molar-refractivity contribution in [1.29, 1.82) is 0 Å². The Balaban J connectivity index is 1.31. The van der Waals surface area contributed by atoms with Crippen LogP contribution in [0, 0.1) is 17.8 Å². The number of likely N-dealkylation sites (tertiary alicyclic amines) is 1. The minimum absolute atomic E-state index is 0.0806. The van der Waals surface area contributed by atoms with Crippen LogP contribution < -0.4 is 0 Å². The van der Waals surface area contributed by atoms with Crippen LogP contribution in [0.25, 0.3) is 0 Å². The summed E-state index contributed by atoms with van der Waals surface area (Å²) >= 11 is 5.98. The molecular weight excluding hydrogens is 372 g/mol. The van der Waals surface area contributed by atoms with Gasteiger partial charge in [0.25, 0.3) is 5.91 Å². The molecule has 4 rings (SSSR count). The minimum atomic E-state index is 0.0806. The molecule has 1 aromatic heterocycles. The number of fused-ring (bicyclic) bond motifs is 1. The lowest BCUT2D eigenvalue weighted by Crippen LogP contribution is -2.36. The van der Waals surface area contributed by atoms with Crippen LogP contribution in [0.2, 0.25) is 5.02 Å². The number of aryl methyl sites for hydroxylation is 1. The van der Waals surface area contributed by atoms with E-state index >= 15 is 0 Å². The zero-order valence-corrected chi connectivity index (χ0v) is 17.5. The summed E-state index contributed by atoms with van der Waals surface area (Å²) in [5, 5.41) is 0.790. The van der Waals surface area contributed by atoms with Gasteiger partial charge in [0.15, 0.2) is 0 Å². The molecule has 2 atom stereocenters. The molecule has 2 fully saturated rings. The number of rotatable bonds is 8. The number of nitrogens with zero attached hydrogens (tertiary/aromatic N) is 4. The predicted octanol–water partition coefficient (Wildman–Crippen LogP) is 3.69. The summed E-state index contributed by atoms with van der Waals surface area (Å²) in [5.74, 6) is 2.18. The first-order valence-electron chi connectivity index (χ1n) is 10.3. The monoisotopic (exact) mass is 400 g/mol. The van der Waals surface area contributed by atoms with Crippen LogP contribution in [0.4, 0.5) is 0 Å². The van der Waals surface area contributed by atoms with Gasteiger partial charge in [-0.1, -0.05) is 37.1 Å². The van der Waals surface area contributed by atoms with Gasteiger partial charge in [0, 0.05) is 51.0 Å². The molecule has 1 aromatic carbocycles. The zero-order chi connectivity index (χ0) is 19.7. The number of unbranched alkanes of at least 4 members (excludes halogenated alkanes) is 1. The number of imidazole rings is 1. The number of hydrogen-bond donors (Lipinski definition) is 0. The lowest BCUT2D eigenvalue weighted by Gasteiger charge is -2.25. The standard InChI is InChI=1S/C22H29ClN4O/c1-3-4-9-27(22(28)21-14-25(2)15-24-21)13-20-18-11-26(12-19(18)20)10-16-5-7-17(23)8-6-16/h5-8,14-15,18-20H,3-4,9-13H2,1-2H3. The highest BCUT2D eigenvalue weighted by atomic mass is 35.5. The molecule has 1 amide bonds. The lowest BCUT2D eigenvalue weighted by molar-refractivity contribution is 0.0729. The highest BCUT2D eigenvalue weighted by Crippen LogP contribution is 2.52. The molecule has 2 aromatic rings. The number of carbonyl (C=O) groups excluding carboxylic acids is 1. The van der Waals surface area contributed by atoms with Crippen LogP contribution in [-0.2, 0) is 13.6 Å². The average Bonchev–Trinajstić information content (AvgIpc) is 3.03. The molecule has 0 spiro atoms. The summed E-state index contributed by atoms with van der Waals surface area (Å²) in [6.45, 7) is 7.14. The minimum Gasteiger partial charge on any atom is -0.340 e. The Morgan fingerprint density at radius 1 is 1.25 bits per heavy atom. The molecule has 0 N–H and O–H groups in total. The maximum Gasteiger partial charge on any atom is 0.274 e. The second-order valence-electron chi connectivity index (χ2n) is 8.34. The van der Waals surface area contributed by atoms with Crippen molar-refractivity contribution in [2.75, 3.05) is 26.2 Å². The van der Waals surface area contributed by atoms with Gasteiger partial charge in [0.2, 0.25) is 0 Å². The fourth-order valence-electron chi connectivity index (χ4n) is 4.55. The SMILES string of the molecule is CCCCN(CC1C2CN(Cc3ccc(Cl)cc3)CC21)C(=O)c1cn(C)cn1. The van der Waals surface area contributed by atoms with Crippen LogP contribution in [-0.4, -0.2) is 51.4 Å².